The van der Waals surface area contributed by atoms with Gasteiger partial charge in [-0.3, -0.25) is 14.2 Å². The van der Waals surface area contributed by atoms with Gasteiger partial charge in [0, 0.05) is 32.0 Å². The van der Waals surface area contributed by atoms with Crippen LogP contribution in [0.2, 0.25) is 0 Å². The molecule has 0 aliphatic carbocycles. The molecule has 8 heteroatoms. The first-order chi connectivity index (χ1) is 10.1. The van der Waals surface area contributed by atoms with E-state index in [1.165, 1.54) is 0 Å². The Kier molecular flexibility index (Phi) is 5.75. The molecule has 0 radical (unpaired) electrons. The normalized spacial score (nSPS) is 19.3. The maximum absolute atomic E-state index is 11.9. The molecule has 1 unspecified atom stereocenters. The molecule has 21 heavy (non-hydrogen) atoms. The number of carbonyl (C=O) groups is 1. The molecule has 1 aromatic heterocycles. The highest BCUT2D eigenvalue weighted by molar-refractivity contribution is 7.90. The molecular weight excluding hydrogens is 294 g/mol. The molecule has 1 aliphatic rings. The fourth-order valence-electron chi connectivity index (χ4n) is 2.28. The SMILES string of the molecule is O=C(CCCn1cccn1)NS(=O)(=O)CC1CCCCO1. The fraction of sp³-hybridized carbons (Fsp3) is 0.692. The first-order valence-corrected chi connectivity index (χ1v) is 8.83. The molecular formula is C13H21N3O4S. The number of aryl methyl sites for hydroxylation is 1. The van der Waals surface area contributed by atoms with Crippen molar-refractivity contribution < 1.29 is 17.9 Å². The van der Waals surface area contributed by atoms with Crippen molar-refractivity contribution in [3.63, 3.8) is 0 Å². The van der Waals surface area contributed by atoms with Crippen molar-refractivity contribution in [3.8, 4) is 0 Å². The smallest absolute Gasteiger partial charge is 0.237 e. The summed E-state index contributed by atoms with van der Waals surface area (Å²) in [6.45, 7) is 1.18. The average Bonchev–Trinajstić information content (AvgIpc) is 2.91. The Hall–Kier alpha value is -1.41. The number of hydrogen-bond acceptors (Lipinski definition) is 5. The van der Waals surface area contributed by atoms with Crippen molar-refractivity contribution in [1.82, 2.24) is 14.5 Å². The van der Waals surface area contributed by atoms with Gasteiger partial charge >= 0.3 is 0 Å². The van der Waals surface area contributed by atoms with Gasteiger partial charge in [0.05, 0.1) is 11.9 Å². The zero-order chi connectivity index (χ0) is 15.1. The Morgan fingerprint density at radius 1 is 1.43 bits per heavy atom. The number of ether oxygens (including phenoxy) is 1. The Morgan fingerprint density at radius 3 is 2.95 bits per heavy atom. The summed E-state index contributed by atoms with van der Waals surface area (Å²) in [4.78, 5) is 11.7. The van der Waals surface area contributed by atoms with Crippen LogP contribution >= 0.6 is 0 Å². The third-order valence-electron chi connectivity index (χ3n) is 3.30. The van der Waals surface area contributed by atoms with Crippen LogP contribution in [0.4, 0.5) is 0 Å². The number of aromatic nitrogens is 2. The summed E-state index contributed by atoms with van der Waals surface area (Å²) in [5.41, 5.74) is 0. The Morgan fingerprint density at radius 2 is 2.29 bits per heavy atom. The minimum Gasteiger partial charge on any atom is -0.377 e. The van der Waals surface area contributed by atoms with Crippen LogP contribution in [0.25, 0.3) is 0 Å². The van der Waals surface area contributed by atoms with Crippen LogP contribution < -0.4 is 4.72 Å². The Bertz CT molecular complexity index is 536. The second-order valence-electron chi connectivity index (χ2n) is 5.17. The number of rotatable bonds is 7. The van der Waals surface area contributed by atoms with Gasteiger partial charge in [-0.25, -0.2) is 8.42 Å². The summed E-state index contributed by atoms with van der Waals surface area (Å²) in [7, 11) is -3.61. The highest BCUT2D eigenvalue weighted by atomic mass is 32.2. The van der Waals surface area contributed by atoms with Crippen LogP contribution in [0.5, 0.6) is 0 Å². The fourth-order valence-corrected chi connectivity index (χ4v) is 3.57. The molecule has 1 aliphatic heterocycles. The molecule has 2 rings (SSSR count). The molecule has 0 spiro atoms. The van der Waals surface area contributed by atoms with Crippen LogP contribution in [0, 0.1) is 0 Å². The van der Waals surface area contributed by atoms with Crippen molar-refractivity contribution in [2.24, 2.45) is 0 Å². The van der Waals surface area contributed by atoms with E-state index in [2.05, 4.69) is 9.82 Å². The third-order valence-corrected chi connectivity index (χ3v) is 4.65. The molecule has 0 bridgehead atoms. The van der Waals surface area contributed by atoms with Gasteiger partial charge in [-0.1, -0.05) is 0 Å². The molecule has 1 amide bonds. The minimum atomic E-state index is -3.61. The van der Waals surface area contributed by atoms with E-state index in [-0.39, 0.29) is 18.3 Å². The molecule has 1 aromatic rings. The van der Waals surface area contributed by atoms with E-state index < -0.39 is 15.9 Å². The van der Waals surface area contributed by atoms with Crippen molar-refractivity contribution in [3.05, 3.63) is 18.5 Å². The molecule has 1 saturated heterocycles. The van der Waals surface area contributed by atoms with E-state index in [1.54, 1.807) is 23.1 Å². The molecule has 118 valence electrons. The predicted octanol–water partition coefficient (Wildman–Crippen LogP) is 0.678. The second-order valence-corrected chi connectivity index (χ2v) is 6.93. The van der Waals surface area contributed by atoms with Gasteiger partial charge in [-0.15, -0.1) is 0 Å². The molecule has 2 heterocycles. The van der Waals surface area contributed by atoms with Gasteiger partial charge in [0.1, 0.15) is 0 Å². The van der Waals surface area contributed by atoms with Crippen LogP contribution in [-0.2, 0) is 26.1 Å². The molecule has 1 atom stereocenters. The summed E-state index contributed by atoms with van der Waals surface area (Å²) in [6, 6.07) is 1.80. The maximum atomic E-state index is 11.9. The number of nitrogens with one attached hydrogen (secondary N) is 1. The highest BCUT2D eigenvalue weighted by Gasteiger charge is 2.23. The van der Waals surface area contributed by atoms with Gasteiger partial charge in [0.2, 0.25) is 15.9 Å². The van der Waals surface area contributed by atoms with Gasteiger partial charge in [0.25, 0.3) is 0 Å². The lowest BCUT2D eigenvalue weighted by Gasteiger charge is -2.22. The number of nitrogens with zero attached hydrogens (tertiary/aromatic N) is 2. The monoisotopic (exact) mass is 315 g/mol. The topological polar surface area (TPSA) is 90.3 Å². The Labute approximate surface area is 124 Å². The van der Waals surface area contributed by atoms with Crippen molar-refractivity contribution in [1.29, 1.82) is 0 Å². The minimum absolute atomic E-state index is 0.141. The van der Waals surface area contributed by atoms with E-state index in [4.69, 9.17) is 4.74 Å². The lowest BCUT2D eigenvalue weighted by molar-refractivity contribution is -0.119. The number of amides is 1. The van der Waals surface area contributed by atoms with Gasteiger partial charge in [0.15, 0.2) is 0 Å². The lowest BCUT2D eigenvalue weighted by Crippen LogP contribution is -2.38. The second kappa shape index (κ2) is 7.56. The van der Waals surface area contributed by atoms with E-state index in [9.17, 15) is 13.2 Å². The van der Waals surface area contributed by atoms with Crippen LogP contribution in [0.15, 0.2) is 18.5 Å². The van der Waals surface area contributed by atoms with Gasteiger partial charge < -0.3 is 4.74 Å². The van der Waals surface area contributed by atoms with E-state index in [1.807, 2.05) is 0 Å². The highest BCUT2D eigenvalue weighted by Crippen LogP contribution is 2.14. The van der Waals surface area contributed by atoms with Crippen LogP contribution in [0.3, 0.4) is 0 Å². The molecule has 1 fully saturated rings. The summed E-state index contributed by atoms with van der Waals surface area (Å²) in [5, 5.41) is 4.02. The van der Waals surface area contributed by atoms with E-state index in [0.29, 0.717) is 19.6 Å². The first-order valence-electron chi connectivity index (χ1n) is 7.17. The van der Waals surface area contributed by atoms with Crippen molar-refractivity contribution in [2.75, 3.05) is 12.4 Å². The lowest BCUT2D eigenvalue weighted by atomic mass is 10.1. The third kappa shape index (κ3) is 5.84. The predicted molar refractivity (Wildman–Crippen MR) is 77.0 cm³/mol. The summed E-state index contributed by atoms with van der Waals surface area (Å²) in [6.07, 6.45) is 6.54. The Balaban J connectivity index is 1.70. The van der Waals surface area contributed by atoms with E-state index in [0.717, 1.165) is 19.3 Å². The van der Waals surface area contributed by atoms with Crippen LogP contribution in [0.1, 0.15) is 32.1 Å². The standard InChI is InChI=1S/C13H21N3O4S/c17-13(6-3-8-16-9-4-7-14-16)15-21(18,19)11-12-5-1-2-10-20-12/h4,7,9,12H,1-3,5-6,8,10-11H2,(H,15,17). The van der Waals surface area contributed by atoms with Crippen molar-refractivity contribution in [2.45, 2.75) is 44.8 Å². The maximum Gasteiger partial charge on any atom is 0.237 e. The van der Waals surface area contributed by atoms with Crippen LogP contribution in [-0.4, -0.2) is 42.6 Å². The zero-order valence-electron chi connectivity index (χ0n) is 11.9. The number of carbonyl (C=O) groups excluding carboxylic acids is 1. The van der Waals surface area contributed by atoms with Gasteiger partial charge in [-0.2, -0.15) is 5.10 Å². The number of hydrogen-bond donors (Lipinski definition) is 1. The largest absolute Gasteiger partial charge is 0.377 e. The average molecular weight is 315 g/mol. The molecule has 0 saturated carbocycles. The molecule has 7 nitrogen and oxygen atoms in total. The van der Waals surface area contributed by atoms with E-state index >= 15 is 0 Å². The number of sulfonamides is 1. The van der Waals surface area contributed by atoms with Gasteiger partial charge in [-0.05, 0) is 31.7 Å². The molecule has 0 aromatic carbocycles. The summed E-state index contributed by atoms with van der Waals surface area (Å²) >= 11 is 0. The first kappa shape index (κ1) is 16.0. The van der Waals surface area contributed by atoms with Crippen molar-refractivity contribution >= 4 is 15.9 Å². The zero-order valence-corrected chi connectivity index (χ0v) is 12.7. The summed E-state index contributed by atoms with van der Waals surface area (Å²) < 4.78 is 32.9. The summed E-state index contributed by atoms with van der Waals surface area (Å²) in [5.74, 6) is -0.615. The quantitative estimate of drug-likeness (QED) is 0.799. The molecule has 1 N–H and O–H groups in total.